The van der Waals surface area contributed by atoms with Crippen molar-refractivity contribution in [3.8, 4) is 0 Å². The molecule has 92 valence electrons. The summed E-state index contributed by atoms with van der Waals surface area (Å²) in [7, 11) is 0. The van der Waals surface area contributed by atoms with E-state index < -0.39 is 0 Å². The van der Waals surface area contributed by atoms with Gasteiger partial charge in [0.15, 0.2) is 0 Å². The predicted molar refractivity (Wildman–Crippen MR) is 64.6 cm³/mol. The highest BCUT2D eigenvalue weighted by Gasteiger charge is 2.04. The Balaban J connectivity index is 1.73. The summed E-state index contributed by atoms with van der Waals surface area (Å²) < 4.78 is 7.40. The number of hydrogen-bond donors (Lipinski definition) is 1. The Bertz CT molecular complexity index is 467. The Morgan fingerprint density at radius 1 is 1.35 bits per heavy atom. The van der Waals surface area contributed by atoms with Crippen LogP contribution >= 0.6 is 0 Å². The van der Waals surface area contributed by atoms with Crippen molar-refractivity contribution in [3.63, 3.8) is 0 Å². The lowest BCUT2D eigenvalue weighted by Gasteiger charge is -2.02. The second-order valence-electron chi connectivity index (χ2n) is 4.21. The van der Waals surface area contributed by atoms with Gasteiger partial charge in [-0.1, -0.05) is 0 Å². The zero-order valence-electron chi connectivity index (χ0n) is 10.5. The molecule has 0 atom stereocenters. The molecular formula is C12H18N4O. The van der Waals surface area contributed by atoms with Gasteiger partial charge < -0.3 is 9.73 Å². The first-order valence-corrected chi connectivity index (χ1v) is 5.78. The average molecular weight is 234 g/mol. The maximum absolute atomic E-state index is 5.47. The molecule has 0 radical (unpaired) electrons. The lowest BCUT2D eigenvalue weighted by molar-refractivity contribution is 0.441. The minimum Gasteiger partial charge on any atom is -0.444 e. The van der Waals surface area contributed by atoms with E-state index in [1.807, 2.05) is 37.8 Å². The van der Waals surface area contributed by atoms with Crippen LogP contribution in [0.5, 0.6) is 0 Å². The van der Waals surface area contributed by atoms with Crippen molar-refractivity contribution >= 4 is 0 Å². The number of hydrogen-bond acceptors (Lipinski definition) is 4. The first-order valence-electron chi connectivity index (χ1n) is 5.78. The van der Waals surface area contributed by atoms with Gasteiger partial charge in [0.1, 0.15) is 5.76 Å². The van der Waals surface area contributed by atoms with Gasteiger partial charge >= 0.3 is 0 Å². The van der Waals surface area contributed by atoms with Gasteiger partial charge in [0.25, 0.3) is 0 Å². The zero-order chi connectivity index (χ0) is 12.3. The molecule has 0 aromatic carbocycles. The maximum Gasteiger partial charge on any atom is 0.208 e. The minimum absolute atomic E-state index is 0.662. The third-order valence-electron chi connectivity index (χ3n) is 2.63. The Kier molecular flexibility index (Phi) is 3.58. The van der Waals surface area contributed by atoms with E-state index in [0.29, 0.717) is 6.54 Å². The summed E-state index contributed by atoms with van der Waals surface area (Å²) >= 11 is 0. The van der Waals surface area contributed by atoms with Crippen molar-refractivity contribution in [3.05, 3.63) is 35.3 Å². The van der Waals surface area contributed by atoms with Crippen molar-refractivity contribution in [2.24, 2.45) is 0 Å². The summed E-state index contributed by atoms with van der Waals surface area (Å²) in [6.07, 6.45) is 3.89. The molecule has 2 rings (SSSR count). The standard InChI is InChI=1S/C12H18N4O/c1-9-6-14-16(8-9)5-4-13-7-12-15-10(2)11(3)17-12/h6,8,13H,4-5,7H2,1-3H3. The number of nitrogens with zero attached hydrogens (tertiary/aromatic N) is 3. The SMILES string of the molecule is Cc1cnn(CCNCc2nc(C)c(C)o2)c1. The lowest BCUT2D eigenvalue weighted by Crippen LogP contribution is -2.19. The van der Waals surface area contributed by atoms with E-state index >= 15 is 0 Å². The Morgan fingerprint density at radius 3 is 2.76 bits per heavy atom. The molecular weight excluding hydrogens is 216 g/mol. The summed E-state index contributed by atoms with van der Waals surface area (Å²) in [6.45, 7) is 8.28. The molecule has 5 nitrogen and oxygen atoms in total. The van der Waals surface area contributed by atoms with Crippen LogP contribution in [0.25, 0.3) is 0 Å². The second-order valence-corrected chi connectivity index (χ2v) is 4.21. The summed E-state index contributed by atoms with van der Waals surface area (Å²) in [5.74, 6) is 1.64. The molecule has 0 spiro atoms. The Labute approximate surface area is 101 Å². The number of rotatable bonds is 5. The zero-order valence-corrected chi connectivity index (χ0v) is 10.5. The second kappa shape index (κ2) is 5.14. The predicted octanol–water partition coefficient (Wildman–Crippen LogP) is 1.59. The topological polar surface area (TPSA) is 55.9 Å². The molecule has 0 aliphatic carbocycles. The van der Waals surface area contributed by atoms with Crippen molar-refractivity contribution in [1.29, 1.82) is 0 Å². The minimum atomic E-state index is 0.662. The molecule has 2 aromatic rings. The van der Waals surface area contributed by atoms with Crippen molar-refractivity contribution < 1.29 is 4.42 Å². The van der Waals surface area contributed by atoms with Crippen molar-refractivity contribution in [2.45, 2.75) is 33.9 Å². The fraction of sp³-hybridized carbons (Fsp3) is 0.500. The van der Waals surface area contributed by atoms with Crippen LogP contribution in [0.1, 0.15) is 22.9 Å². The van der Waals surface area contributed by atoms with Gasteiger partial charge in [-0.25, -0.2) is 4.98 Å². The lowest BCUT2D eigenvalue weighted by atomic mass is 10.4. The van der Waals surface area contributed by atoms with Crippen LogP contribution in [-0.2, 0) is 13.1 Å². The average Bonchev–Trinajstić information content (AvgIpc) is 2.82. The molecule has 0 saturated heterocycles. The van der Waals surface area contributed by atoms with Crippen LogP contribution in [0, 0.1) is 20.8 Å². The van der Waals surface area contributed by atoms with E-state index in [2.05, 4.69) is 15.4 Å². The molecule has 0 aliphatic rings. The van der Waals surface area contributed by atoms with E-state index in [-0.39, 0.29) is 0 Å². The van der Waals surface area contributed by atoms with E-state index in [9.17, 15) is 0 Å². The summed E-state index contributed by atoms with van der Waals surface area (Å²) in [6, 6.07) is 0. The highest BCUT2D eigenvalue weighted by Crippen LogP contribution is 2.07. The first kappa shape index (κ1) is 11.9. The van der Waals surface area contributed by atoms with E-state index in [4.69, 9.17) is 4.42 Å². The summed E-state index contributed by atoms with van der Waals surface area (Å²) in [4.78, 5) is 4.31. The molecule has 5 heteroatoms. The molecule has 0 bridgehead atoms. The fourth-order valence-electron chi connectivity index (χ4n) is 1.59. The van der Waals surface area contributed by atoms with Crippen LogP contribution in [-0.4, -0.2) is 21.3 Å². The highest BCUT2D eigenvalue weighted by molar-refractivity contribution is 5.05. The molecule has 2 aromatic heterocycles. The van der Waals surface area contributed by atoms with E-state index in [1.54, 1.807) is 0 Å². The molecule has 0 aliphatic heterocycles. The molecule has 0 fully saturated rings. The smallest absolute Gasteiger partial charge is 0.208 e. The molecule has 2 heterocycles. The Morgan fingerprint density at radius 2 is 2.18 bits per heavy atom. The number of aryl methyl sites for hydroxylation is 3. The van der Waals surface area contributed by atoms with Gasteiger partial charge in [-0.2, -0.15) is 5.10 Å². The molecule has 0 unspecified atom stereocenters. The molecule has 17 heavy (non-hydrogen) atoms. The highest BCUT2D eigenvalue weighted by atomic mass is 16.4. The van der Waals surface area contributed by atoms with Crippen LogP contribution in [0.3, 0.4) is 0 Å². The van der Waals surface area contributed by atoms with Crippen LogP contribution in [0.15, 0.2) is 16.8 Å². The van der Waals surface area contributed by atoms with Crippen LogP contribution in [0.4, 0.5) is 0 Å². The molecule has 0 saturated carbocycles. The van der Waals surface area contributed by atoms with Crippen LogP contribution < -0.4 is 5.32 Å². The summed E-state index contributed by atoms with van der Waals surface area (Å²) in [5, 5.41) is 7.50. The quantitative estimate of drug-likeness (QED) is 0.798. The van der Waals surface area contributed by atoms with Crippen LogP contribution in [0.2, 0.25) is 0 Å². The van der Waals surface area contributed by atoms with Gasteiger partial charge in [-0.15, -0.1) is 0 Å². The van der Waals surface area contributed by atoms with Gasteiger partial charge in [0.05, 0.1) is 25.0 Å². The van der Waals surface area contributed by atoms with E-state index in [0.717, 1.165) is 30.4 Å². The van der Waals surface area contributed by atoms with Crippen molar-refractivity contribution in [2.75, 3.05) is 6.54 Å². The first-order chi connectivity index (χ1) is 8.15. The maximum atomic E-state index is 5.47. The van der Waals surface area contributed by atoms with Gasteiger partial charge in [-0.05, 0) is 26.3 Å². The third kappa shape index (κ3) is 3.17. The largest absolute Gasteiger partial charge is 0.444 e. The number of aromatic nitrogens is 3. The van der Waals surface area contributed by atoms with Gasteiger partial charge in [-0.3, -0.25) is 4.68 Å². The monoisotopic (exact) mass is 234 g/mol. The normalized spacial score (nSPS) is 11.0. The number of oxazole rings is 1. The van der Waals surface area contributed by atoms with Gasteiger partial charge in [0.2, 0.25) is 5.89 Å². The van der Waals surface area contributed by atoms with Crippen molar-refractivity contribution in [1.82, 2.24) is 20.1 Å². The molecule has 1 N–H and O–H groups in total. The van der Waals surface area contributed by atoms with E-state index in [1.165, 1.54) is 5.56 Å². The summed E-state index contributed by atoms with van der Waals surface area (Å²) in [5.41, 5.74) is 2.15. The third-order valence-corrected chi connectivity index (χ3v) is 2.63. The fourth-order valence-corrected chi connectivity index (χ4v) is 1.59. The molecule has 0 amide bonds. The number of nitrogens with one attached hydrogen (secondary N) is 1. The van der Waals surface area contributed by atoms with Gasteiger partial charge in [0, 0.05) is 12.7 Å². The Hall–Kier alpha value is -1.62.